The van der Waals surface area contributed by atoms with E-state index in [-0.39, 0.29) is 36.2 Å². The largest absolute Gasteiger partial charge is 0.506 e. The Morgan fingerprint density at radius 2 is 1.76 bits per heavy atom. The molecule has 1 amide bonds. The van der Waals surface area contributed by atoms with Gasteiger partial charge in [0.25, 0.3) is 0 Å². The molecule has 38 heavy (non-hydrogen) atoms. The van der Waals surface area contributed by atoms with Gasteiger partial charge in [-0.1, -0.05) is 59.6 Å². The topological polar surface area (TPSA) is 114 Å². The van der Waals surface area contributed by atoms with Crippen LogP contribution < -0.4 is 16.2 Å². The molecule has 0 saturated heterocycles. The zero-order valence-corrected chi connectivity index (χ0v) is 22.3. The average molecular weight is 554 g/mol. The van der Waals surface area contributed by atoms with Gasteiger partial charge >= 0.3 is 0 Å². The van der Waals surface area contributed by atoms with Crippen LogP contribution in [0.25, 0.3) is 10.9 Å². The smallest absolute Gasteiger partial charge is 0.248 e. The van der Waals surface area contributed by atoms with Crippen LogP contribution in [0.3, 0.4) is 0 Å². The van der Waals surface area contributed by atoms with E-state index >= 15 is 0 Å². The normalized spacial score (nSPS) is 12.8. The number of aromatic amines is 1. The molecule has 0 aliphatic carbocycles. The molecule has 1 heterocycles. The lowest BCUT2D eigenvalue weighted by molar-refractivity contribution is -0.120. The van der Waals surface area contributed by atoms with Crippen molar-refractivity contribution in [3.8, 4) is 5.75 Å². The Labute approximate surface area is 230 Å². The maximum Gasteiger partial charge on any atom is 0.248 e. The molecule has 5 N–H and O–H groups in total. The van der Waals surface area contributed by atoms with Crippen molar-refractivity contribution in [2.24, 2.45) is 0 Å². The Kier molecular flexibility index (Phi) is 9.07. The number of amides is 1. The molecule has 2 atom stereocenters. The number of fused-ring (bicyclic) bond motifs is 1. The summed E-state index contributed by atoms with van der Waals surface area (Å²) in [6.45, 7) is 2.68. The van der Waals surface area contributed by atoms with Crippen molar-refractivity contribution in [3.63, 3.8) is 0 Å². The summed E-state index contributed by atoms with van der Waals surface area (Å²) in [5.41, 5.74) is 3.45. The summed E-state index contributed by atoms with van der Waals surface area (Å²) in [6, 6.07) is 19.3. The van der Waals surface area contributed by atoms with Crippen molar-refractivity contribution < 1.29 is 15.0 Å². The second-order valence-corrected chi connectivity index (χ2v) is 10.2. The van der Waals surface area contributed by atoms with Gasteiger partial charge < -0.3 is 25.8 Å². The Balaban J connectivity index is 1.30. The second kappa shape index (κ2) is 12.5. The third-order valence-electron chi connectivity index (χ3n) is 6.30. The zero-order valence-electron chi connectivity index (χ0n) is 20.8. The number of aliphatic hydroxyl groups excluding tert-OH is 1. The Hall–Kier alpha value is -3.36. The first-order valence-electron chi connectivity index (χ1n) is 12.2. The predicted octanol–water partition coefficient (Wildman–Crippen LogP) is 4.65. The summed E-state index contributed by atoms with van der Waals surface area (Å²) in [5, 5.41) is 28.6. The number of aromatic nitrogens is 1. The summed E-state index contributed by atoms with van der Waals surface area (Å²) < 4.78 is 0. The average Bonchev–Trinajstić information content (AvgIpc) is 2.88. The highest BCUT2D eigenvalue weighted by molar-refractivity contribution is 6.42. The molecule has 0 aliphatic rings. The third-order valence-corrected chi connectivity index (χ3v) is 7.04. The first-order valence-corrected chi connectivity index (χ1v) is 13.0. The van der Waals surface area contributed by atoms with Gasteiger partial charge in [0.15, 0.2) is 0 Å². The maximum atomic E-state index is 12.5. The summed E-state index contributed by atoms with van der Waals surface area (Å²) >= 11 is 12.0. The highest BCUT2D eigenvalue weighted by Gasteiger charge is 2.15. The van der Waals surface area contributed by atoms with Crippen molar-refractivity contribution in [2.75, 3.05) is 6.54 Å². The molecular weight excluding hydrogens is 525 g/mol. The van der Waals surface area contributed by atoms with E-state index in [1.165, 1.54) is 12.1 Å². The molecule has 1 unspecified atom stereocenters. The van der Waals surface area contributed by atoms with Gasteiger partial charge in [0.2, 0.25) is 11.5 Å². The molecule has 0 bridgehead atoms. The van der Waals surface area contributed by atoms with E-state index in [1.807, 2.05) is 37.3 Å². The highest BCUT2D eigenvalue weighted by Crippen LogP contribution is 2.28. The van der Waals surface area contributed by atoms with Crippen LogP contribution in [0.4, 0.5) is 0 Å². The molecule has 0 aliphatic heterocycles. The number of rotatable bonds is 10. The molecule has 9 heteroatoms. The molecular formula is C29H29Cl2N3O4. The standard InChI is InChI=1S/C29H29Cl2N3O4/c1-17(32-16-26(36)21-6-9-25(35)29-22(21)7-10-27(37)34-29)11-18-3-2-4-19(12-18)14-28(38)33-15-20-5-8-23(30)24(31)13-20/h2-10,12-13,17,26,32,35-36H,11,14-16H2,1H3,(H,33,38)(H,34,37)/t17?,26-/m0/s1. The van der Waals surface area contributed by atoms with Crippen molar-refractivity contribution >= 4 is 40.0 Å². The molecule has 0 spiro atoms. The zero-order chi connectivity index (χ0) is 27.2. The number of hydrogen-bond acceptors (Lipinski definition) is 5. The molecule has 4 rings (SSSR count). The van der Waals surface area contributed by atoms with Crippen LogP contribution in [0.2, 0.25) is 10.0 Å². The summed E-state index contributed by atoms with van der Waals surface area (Å²) in [5.74, 6) is -0.136. The molecule has 7 nitrogen and oxygen atoms in total. The predicted molar refractivity (Wildman–Crippen MR) is 151 cm³/mol. The van der Waals surface area contributed by atoms with Crippen LogP contribution in [0, 0.1) is 0 Å². The van der Waals surface area contributed by atoms with Gasteiger partial charge in [0.1, 0.15) is 5.75 Å². The minimum atomic E-state index is -0.836. The number of carbonyl (C=O) groups is 1. The van der Waals surface area contributed by atoms with Gasteiger partial charge in [-0.15, -0.1) is 0 Å². The van der Waals surface area contributed by atoms with Crippen LogP contribution in [-0.4, -0.2) is 33.7 Å². The molecule has 4 aromatic rings. The van der Waals surface area contributed by atoms with Crippen molar-refractivity contribution in [1.82, 2.24) is 15.6 Å². The molecule has 0 radical (unpaired) electrons. The maximum absolute atomic E-state index is 12.5. The van der Waals surface area contributed by atoms with E-state index in [0.717, 1.165) is 16.7 Å². The third kappa shape index (κ3) is 7.14. The van der Waals surface area contributed by atoms with Gasteiger partial charge in [-0.05, 0) is 59.9 Å². The molecule has 198 valence electrons. The Bertz CT molecular complexity index is 1510. The molecule has 0 saturated carbocycles. The number of nitrogens with one attached hydrogen (secondary N) is 3. The van der Waals surface area contributed by atoms with E-state index in [2.05, 4.69) is 15.6 Å². The number of carbonyl (C=O) groups excluding carboxylic acids is 1. The van der Waals surface area contributed by atoms with Crippen LogP contribution in [-0.2, 0) is 24.2 Å². The quantitative estimate of drug-likeness (QED) is 0.196. The number of H-pyrrole nitrogens is 1. The summed E-state index contributed by atoms with van der Waals surface area (Å²) in [6.07, 6.45) is 0.123. The fourth-order valence-corrected chi connectivity index (χ4v) is 4.68. The van der Waals surface area contributed by atoms with E-state index in [0.29, 0.717) is 39.5 Å². The summed E-state index contributed by atoms with van der Waals surface area (Å²) in [7, 11) is 0. The lowest BCUT2D eigenvalue weighted by Gasteiger charge is -2.19. The van der Waals surface area contributed by atoms with Gasteiger partial charge in [0, 0.05) is 30.6 Å². The number of phenolic OH excluding ortho intramolecular Hbond substituents is 1. The number of pyridine rings is 1. The second-order valence-electron chi connectivity index (χ2n) is 9.34. The van der Waals surface area contributed by atoms with E-state index < -0.39 is 6.10 Å². The van der Waals surface area contributed by atoms with Gasteiger partial charge in [-0.25, -0.2) is 0 Å². The Morgan fingerprint density at radius 1 is 0.974 bits per heavy atom. The fourth-order valence-electron chi connectivity index (χ4n) is 4.36. The minimum Gasteiger partial charge on any atom is -0.506 e. The van der Waals surface area contributed by atoms with Crippen LogP contribution in [0.1, 0.15) is 35.3 Å². The lowest BCUT2D eigenvalue weighted by Crippen LogP contribution is -2.32. The van der Waals surface area contributed by atoms with Gasteiger partial charge in [-0.3, -0.25) is 9.59 Å². The fraction of sp³-hybridized carbons (Fsp3) is 0.241. The van der Waals surface area contributed by atoms with E-state index in [4.69, 9.17) is 23.2 Å². The SMILES string of the molecule is CC(Cc1cccc(CC(=O)NCc2ccc(Cl)c(Cl)c2)c1)NC[C@H](O)c1ccc(O)c2[nH]c(=O)ccc12. The van der Waals surface area contributed by atoms with E-state index in [1.54, 1.807) is 24.3 Å². The highest BCUT2D eigenvalue weighted by atomic mass is 35.5. The molecule has 0 fully saturated rings. The summed E-state index contributed by atoms with van der Waals surface area (Å²) in [4.78, 5) is 26.7. The number of phenols is 1. The van der Waals surface area contributed by atoms with Crippen LogP contribution in [0.15, 0.2) is 71.5 Å². The monoisotopic (exact) mass is 553 g/mol. The van der Waals surface area contributed by atoms with Crippen molar-refractivity contribution in [2.45, 2.75) is 38.5 Å². The van der Waals surface area contributed by atoms with Crippen molar-refractivity contribution in [1.29, 1.82) is 0 Å². The number of benzene rings is 3. The van der Waals surface area contributed by atoms with Gasteiger partial charge in [-0.2, -0.15) is 0 Å². The Morgan fingerprint density at radius 3 is 2.55 bits per heavy atom. The van der Waals surface area contributed by atoms with Crippen molar-refractivity contribution in [3.05, 3.63) is 109 Å². The number of hydrogen-bond donors (Lipinski definition) is 5. The first kappa shape index (κ1) is 27.7. The van der Waals surface area contributed by atoms with Crippen LogP contribution in [0.5, 0.6) is 5.75 Å². The number of aliphatic hydroxyl groups is 1. The number of halogens is 2. The molecule has 1 aromatic heterocycles. The van der Waals surface area contributed by atoms with Gasteiger partial charge in [0.05, 0.1) is 28.1 Å². The minimum absolute atomic E-state index is 0.0436. The first-order chi connectivity index (χ1) is 18.2. The lowest BCUT2D eigenvalue weighted by atomic mass is 10.0. The van der Waals surface area contributed by atoms with E-state index in [9.17, 15) is 19.8 Å². The number of aromatic hydroxyl groups is 1. The molecule has 3 aromatic carbocycles. The van der Waals surface area contributed by atoms with Crippen LogP contribution >= 0.6 is 23.2 Å².